The van der Waals surface area contributed by atoms with Gasteiger partial charge in [-0.25, -0.2) is 9.59 Å². The van der Waals surface area contributed by atoms with Crippen molar-refractivity contribution >= 4 is 18.0 Å². The molecule has 12 heteroatoms. The highest BCUT2D eigenvalue weighted by Gasteiger charge is 2.25. The molecule has 170 valence electrons. The lowest BCUT2D eigenvalue weighted by Crippen LogP contribution is -2.44. The molecule has 0 aliphatic carbocycles. The fourth-order valence-corrected chi connectivity index (χ4v) is 2.07. The fourth-order valence-electron chi connectivity index (χ4n) is 2.07. The Balaban J connectivity index is 2.45. The lowest BCUT2D eigenvalue weighted by molar-refractivity contribution is -0.479. The van der Waals surface area contributed by atoms with Gasteiger partial charge in [0.1, 0.15) is 36.1 Å². The van der Waals surface area contributed by atoms with Crippen molar-refractivity contribution in [2.45, 2.75) is 58.3 Å². The molecule has 1 aromatic heterocycles. The molecular weight excluding hydrogens is 414 g/mol. The van der Waals surface area contributed by atoms with Crippen LogP contribution in [0.2, 0.25) is 0 Å². The molecule has 0 unspecified atom stereocenters. The molecule has 0 saturated carbocycles. The van der Waals surface area contributed by atoms with E-state index in [0.29, 0.717) is 11.5 Å². The molecule has 1 amide bonds. The van der Waals surface area contributed by atoms with Crippen molar-refractivity contribution in [2.75, 3.05) is 13.2 Å². The number of carbonyl (C=O) groups is 3. The highest BCUT2D eigenvalue weighted by molar-refractivity contribution is 5.81. The van der Waals surface area contributed by atoms with E-state index in [1.54, 1.807) is 20.8 Å². The summed E-state index contributed by atoms with van der Waals surface area (Å²) in [4.78, 5) is 45.0. The molecule has 1 aromatic rings. The molecule has 1 N–H and O–H groups in total. The van der Waals surface area contributed by atoms with Crippen LogP contribution >= 0.6 is 0 Å². The van der Waals surface area contributed by atoms with Gasteiger partial charge in [0, 0.05) is 23.8 Å². The van der Waals surface area contributed by atoms with E-state index < -0.39 is 41.1 Å². The van der Waals surface area contributed by atoms with Crippen LogP contribution in [0.3, 0.4) is 0 Å². The van der Waals surface area contributed by atoms with Gasteiger partial charge in [0.15, 0.2) is 0 Å². The van der Waals surface area contributed by atoms with Gasteiger partial charge in [-0.3, -0.25) is 14.9 Å². The fraction of sp³-hybridized carbons (Fsp3) is 0.579. The molecule has 12 nitrogen and oxygen atoms in total. The smallest absolute Gasteiger partial charge is 0.408 e. The number of aromatic nitrogens is 1. The number of terminal acetylenes is 1. The lowest BCUT2D eigenvalue weighted by Gasteiger charge is -2.22. The SMILES string of the molecule is C#CC[C@@H](NC(=O)OC(C)(C)C)C(=O)OCc1cc(CCOC(=O)CC[N+](=O)[O-])on1. The van der Waals surface area contributed by atoms with Gasteiger partial charge in [-0.15, -0.1) is 12.3 Å². The van der Waals surface area contributed by atoms with E-state index in [0.717, 1.165) is 0 Å². The van der Waals surface area contributed by atoms with E-state index in [4.69, 9.17) is 25.2 Å². The van der Waals surface area contributed by atoms with E-state index in [-0.39, 0.29) is 32.5 Å². The monoisotopic (exact) mass is 439 g/mol. The molecule has 0 saturated heterocycles. The topological polar surface area (TPSA) is 160 Å². The predicted molar refractivity (Wildman–Crippen MR) is 104 cm³/mol. The van der Waals surface area contributed by atoms with Crippen molar-refractivity contribution < 1.29 is 38.0 Å². The Labute approximate surface area is 178 Å². The molecule has 0 aromatic carbocycles. The summed E-state index contributed by atoms with van der Waals surface area (Å²) < 4.78 is 20.1. The van der Waals surface area contributed by atoms with Crippen LogP contribution in [0.25, 0.3) is 0 Å². The molecule has 1 atom stereocenters. The van der Waals surface area contributed by atoms with Crippen molar-refractivity contribution in [1.82, 2.24) is 10.5 Å². The van der Waals surface area contributed by atoms with Gasteiger partial charge in [-0.1, -0.05) is 5.16 Å². The summed E-state index contributed by atoms with van der Waals surface area (Å²) in [6.07, 6.45) is 4.20. The maximum absolute atomic E-state index is 12.2. The second-order valence-corrected chi connectivity index (χ2v) is 7.28. The molecule has 0 bridgehead atoms. The number of hydrogen-bond acceptors (Lipinski definition) is 10. The molecule has 1 heterocycles. The molecule has 0 aliphatic rings. The summed E-state index contributed by atoms with van der Waals surface area (Å²) in [5, 5.41) is 16.3. The van der Waals surface area contributed by atoms with Crippen molar-refractivity contribution in [1.29, 1.82) is 0 Å². The third kappa shape index (κ3) is 11.2. The van der Waals surface area contributed by atoms with E-state index in [1.165, 1.54) is 6.07 Å². The number of amides is 1. The number of ether oxygens (including phenoxy) is 3. The van der Waals surface area contributed by atoms with E-state index in [2.05, 4.69) is 16.4 Å². The lowest BCUT2D eigenvalue weighted by atomic mass is 10.2. The number of alkyl carbamates (subject to hydrolysis) is 1. The average molecular weight is 439 g/mol. The Morgan fingerprint density at radius 3 is 2.68 bits per heavy atom. The maximum atomic E-state index is 12.2. The zero-order valence-electron chi connectivity index (χ0n) is 17.5. The molecule has 0 radical (unpaired) electrons. The Kier molecular flexibility index (Phi) is 9.97. The minimum atomic E-state index is -1.09. The Morgan fingerprint density at radius 1 is 1.35 bits per heavy atom. The van der Waals surface area contributed by atoms with Crippen LogP contribution in [-0.2, 0) is 36.8 Å². The second kappa shape index (κ2) is 12.2. The van der Waals surface area contributed by atoms with Crippen LogP contribution in [0.4, 0.5) is 4.79 Å². The molecule has 31 heavy (non-hydrogen) atoms. The van der Waals surface area contributed by atoms with Gasteiger partial charge < -0.3 is 24.1 Å². The minimum Gasteiger partial charge on any atom is -0.465 e. The van der Waals surface area contributed by atoms with Crippen LogP contribution in [-0.4, -0.2) is 52.9 Å². The highest BCUT2D eigenvalue weighted by atomic mass is 16.6. The quantitative estimate of drug-likeness (QED) is 0.175. The number of hydrogen-bond donors (Lipinski definition) is 1. The van der Waals surface area contributed by atoms with Crippen LogP contribution in [0.5, 0.6) is 0 Å². The number of rotatable bonds is 11. The van der Waals surface area contributed by atoms with Crippen LogP contribution in [0.15, 0.2) is 10.6 Å². The summed E-state index contributed by atoms with van der Waals surface area (Å²) >= 11 is 0. The van der Waals surface area contributed by atoms with E-state index in [1.807, 2.05) is 0 Å². The van der Waals surface area contributed by atoms with Crippen LogP contribution in [0.1, 0.15) is 45.1 Å². The first-order chi connectivity index (χ1) is 14.5. The normalized spacial score (nSPS) is 11.7. The summed E-state index contributed by atoms with van der Waals surface area (Å²) in [5.41, 5.74) is -0.452. The molecule has 0 fully saturated rings. The summed E-state index contributed by atoms with van der Waals surface area (Å²) in [6.45, 7) is 4.25. The van der Waals surface area contributed by atoms with Crippen molar-refractivity contribution in [2.24, 2.45) is 0 Å². The van der Waals surface area contributed by atoms with Gasteiger partial charge in [0.05, 0.1) is 6.61 Å². The molecule has 0 spiro atoms. The van der Waals surface area contributed by atoms with Gasteiger partial charge in [0.25, 0.3) is 0 Å². The highest BCUT2D eigenvalue weighted by Crippen LogP contribution is 2.09. The van der Waals surface area contributed by atoms with Crippen molar-refractivity contribution in [3.63, 3.8) is 0 Å². The average Bonchev–Trinajstić information content (AvgIpc) is 3.10. The van der Waals surface area contributed by atoms with Gasteiger partial charge in [0.2, 0.25) is 6.54 Å². The maximum Gasteiger partial charge on any atom is 0.408 e. The molecule has 0 aliphatic heterocycles. The van der Waals surface area contributed by atoms with Crippen LogP contribution < -0.4 is 5.32 Å². The van der Waals surface area contributed by atoms with Gasteiger partial charge >= 0.3 is 18.0 Å². The zero-order valence-corrected chi connectivity index (χ0v) is 17.5. The Hall–Kier alpha value is -3.62. The number of nitro groups is 1. The Morgan fingerprint density at radius 2 is 2.06 bits per heavy atom. The molecular formula is C19H25N3O9. The summed E-state index contributed by atoms with van der Waals surface area (Å²) in [7, 11) is 0. The summed E-state index contributed by atoms with van der Waals surface area (Å²) in [5.74, 6) is 1.18. The number of nitrogens with one attached hydrogen (secondary N) is 1. The summed E-state index contributed by atoms with van der Waals surface area (Å²) in [6, 6.07) is 0.403. The second-order valence-electron chi connectivity index (χ2n) is 7.28. The van der Waals surface area contributed by atoms with E-state index >= 15 is 0 Å². The van der Waals surface area contributed by atoms with Crippen molar-refractivity contribution in [3.8, 4) is 12.3 Å². The first kappa shape index (κ1) is 25.4. The van der Waals surface area contributed by atoms with Gasteiger partial charge in [-0.05, 0) is 20.8 Å². The Bertz CT molecular complexity index is 820. The molecule has 1 rings (SSSR count). The van der Waals surface area contributed by atoms with Crippen molar-refractivity contribution in [3.05, 3.63) is 27.6 Å². The largest absolute Gasteiger partial charge is 0.465 e. The number of carbonyl (C=O) groups excluding carboxylic acids is 3. The third-order valence-electron chi connectivity index (χ3n) is 3.38. The third-order valence-corrected chi connectivity index (χ3v) is 3.38. The number of esters is 2. The predicted octanol–water partition coefficient (Wildman–Crippen LogP) is 1.39. The first-order valence-electron chi connectivity index (χ1n) is 9.31. The number of nitrogens with zero attached hydrogens (tertiary/aromatic N) is 2. The van der Waals surface area contributed by atoms with Gasteiger partial charge in [-0.2, -0.15) is 0 Å². The standard InChI is InChI=1S/C19H25N3O9/c1-5-6-15(20-18(25)30-19(2,3)4)17(24)29-12-13-11-14(31-21-13)8-10-28-16(23)7-9-22(26)27/h1,11,15H,6-10,12H2,2-4H3,(H,20,25)/t15-/m1/s1. The van der Waals surface area contributed by atoms with Crippen LogP contribution in [0, 0.1) is 22.5 Å². The first-order valence-corrected chi connectivity index (χ1v) is 9.31. The van der Waals surface area contributed by atoms with E-state index in [9.17, 15) is 24.5 Å². The zero-order chi connectivity index (χ0) is 23.4. The minimum absolute atomic E-state index is 0.0466.